The summed E-state index contributed by atoms with van der Waals surface area (Å²) in [7, 11) is 0. The second kappa shape index (κ2) is 7.03. The third kappa shape index (κ3) is 3.49. The third-order valence-corrected chi connectivity index (χ3v) is 3.33. The number of nitro benzene ring substituents is 1. The second-order valence-electron chi connectivity index (χ2n) is 4.75. The number of carbonyl (C=O) groups excluding carboxylic acids is 1. The van der Waals surface area contributed by atoms with Gasteiger partial charge in [0.2, 0.25) is 0 Å². The number of anilines is 1. The van der Waals surface area contributed by atoms with Crippen LogP contribution >= 0.6 is 0 Å². The van der Waals surface area contributed by atoms with Gasteiger partial charge in [-0.25, -0.2) is 0 Å². The van der Waals surface area contributed by atoms with Crippen LogP contribution in [0.3, 0.4) is 0 Å². The smallest absolute Gasteiger partial charge is 0.293 e. The molecule has 1 aliphatic heterocycles. The number of nitro groups is 1. The molecule has 2 rings (SSSR count). The zero-order valence-corrected chi connectivity index (χ0v) is 12.0. The quantitative estimate of drug-likeness (QED) is 0.677. The predicted molar refractivity (Wildman–Crippen MR) is 78.6 cm³/mol. The second-order valence-corrected chi connectivity index (χ2v) is 4.75. The fourth-order valence-electron chi connectivity index (χ4n) is 2.35. The molecule has 1 aromatic carbocycles. The highest BCUT2D eigenvalue weighted by molar-refractivity contribution is 6.01. The van der Waals surface area contributed by atoms with Crippen LogP contribution < -0.4 is 5.32 Å². The Kier molecular flexibility index (Phi) is 5.10. The van der Waals surface area contributed by atoms with E-state index in [1.807, 2.05) is 6.92 Å². The zero-order valence-electron chi connectivity index (χ0n) is 12.0. The van der Waals surface area contributed by atoms with Crippen molar-refractivity contribution in [3.05, 3.63) is 33.9 Å². The molecule has 1 N–H and O–H groups in total. The van der Waals surface area contributed by atoms with Crippen molar-refractivity contribution in [3.63, 3.8) is 0 Å². The molecule has 0 saturated carbocycles. The van der Waals surface area contributed by atoms with Crippen molar-refractivity contribution < 1.29 is 14.5 Å². The van der Waals surface area contributed by atoms with Crippen LogP contribution in [-0.4, -0.2) is 48.6 Å². The number of para-hydroxylation sites is 1. The molecule has 21 heavy (non-hydrogen) atoms. The molecule has 1 amide bonds. The highest BCUT2D eigenvalue weighted by Gasteiger charge is 2.25. The van der Waals surface area contributed by atoms with E-state index in [1.165, 1.54) is 6.07 Å². The van der Waals surface area contributed by atoms with Crippen LogP contribution in [0.2, 0.25) is 0 Å². The van der Waals surface area contributed by atoms with E-state index in [4.69, 9.17) is 4.74 Å². The van der Waals surface area contributed by atoms with Crippen molar-refractivity contribution >= 4 is 17.3 Å². The number of amides is 1. The number of rotatable bonds is 4. The van der Waals surface area contributed by atoms with Gasteiger partial charge in [-0.2, -0.15) is 0 Å². The standard InChI is InChI=1S/C14H19N3O4/c1-2-15-13-11(5-3-6-12(13)17(19)20)14(18)16-7-4-9-21-10-8-16/h3,5-6,15H,2,4,7-10H2,1H3. The van der Waals surface area contributed by atoms with Gasteiger partial charge in [-0.15, -0.1) is 0 Å². The molecular weight excluding hydrogens is 274 g/mol. The normalized spacial score (nSPS) is 15.4. The summed E-state index contributed by atoms with van der Waals surface area (Å²) in [6.45, 7) is 4.59. The van der Waals surface area contributed by atoms with E-state index in [1.54, 1.807) is 17.0 Å². The third-order valence-electron chi connectivity index (χ3n) is 3.33. The molecule has 7 nitrogen and oxygen atoms in total. The summed E-state index contributed by atoms with van der Waals surface area (Å²) in [6, 6.07) is 4.57. The van der Waals surface area contributed by atoms with Crippen molar-refractivity contribution in [2.24, 2.45) is 0 Å². The predicted octanol–water partition coefficient (Wildman–Crippen LogP) is 1.89. The minimum absolute atomic E-state index is 0.0752. The number of carbonyl (C=O) groups is 1. The van der Waals surface area contributed by atoms with Gasteiger partial charge in [0.15, 0.2) is 0 Å². The summed E-state index contributed by atoms with van der Waals surface area (Å²) in [5.74, 6) is -0.194. The number of benzene rings is 1. The van der Waals surface area contributed by atoms with Gasteiger partial charge in [-0.1, -0.05) is 6.07 Å². The number of ether oxygens (including phenoxy) is 1. The summed E-state index contributed by atoms with van der Waals surface area (Å²) in [4.78, 5) is 25.0. The minimum Gasteiger partial charge on any atom is -0.380 e. The number of nitrogens with zero attached hydrogens (tertiary/aromatic N) is 2. The lowest BCUT2D eigenvalue weighted by molar-refractivity contribution is -0.384. The maximum absolute atomic E-state index is 12.6. The molecule has 114 valence electrons. The Morgan fingerprint density at radius 2 is 2.24 bits per heavy atom. The van der Waals surface area contributed by atoms with Crippen LogP contribution in [0.5, 0.6) is 0 Å². The Labute approximate surface area is 123 Å². The molecule has 0 spiro atoms. The van der Waals surface area contributed by atoms with Gasteiger partial charge in [-0.05, 0) is 19.4 Å². The lowest BCUT2D eigenvalue weighted by Gasteiger charge is -2.21. The van der Waals surface area contributed by atoms with E-state index in [0.717, 1.165) is 6.42 Å². The highest BCUT2D eigenvalue weighted by atomic mass is 16.6. The molecule has 1 fully saturated rings. The van der Waals surface area contributed by atoms with Gasteiger partial charge in [0.05, 0.1) is 17.1 Å². The molecule has 0 aromatic heterocycles. The van der Waals surface area contributed by atoms with Crippen LogP contribution in [0.25, 0.3) is 0 Å². The first-order valence-electron chi connectivity index (χ1n) is 7.03. The van der Waals surface area contributed by atoms with Gasteiger partial charge in [0.1, 0.15) is 5.69 Å². The number of nitrogens with one attached hydrogen (secondary N) is 1. The van der Waals surface area contributed by atoms with Crippen molar-refractivity contribution in [1.82, 2.24) is 4.90 Å². The molecule has 1 heterocycles. The highest BCUT2D eigenvalue weighted by Crippen LogP contribution is 2.29. The average Bonchev–Trinajstić information content (AvgIpc) is 2.76. The Morgan fingerprint density at radius 3 is 2.95 bits per heavy atom. The molecule has 1 aromatic rings. The number of hydrogen-bond acceptors (Lipinski definition) is 5. The molecule has 0 atom stereocenters. The molecule has 0 bridgehead atoms. The van der Waals surface area contributed by atoms with Gasteiger partial charge in [0.25, 0.3) is 11.6 Å². The molecule has 0 radical (unpaired) electrons. The topological polar surface area (TPSA) is 84.7 Å². The van der Waals surface area contributed by atoms with Crippen molar-refractivity contribution in [1.29, 1.82) is 0 Å². The molecule has 1 aliphatic rings. The van der Waals surface area contributed by atoms with Crippen LogP contribution in [0.4, 0.5) is 11.4 Å². The van der Waals surface area contributed by atoms with Crippen LogP contribution in [0.15, 0.2) is 18.2 Å². The Bertz CT molecular complexity index is 525. The first-order chi connectivity index (χ1) is 10.1. The fraction of sp³-hybridized carbons (Fsp3) is 0.500. The van der Waals surface area contributed by atoms with Gasteiger partial charge in [0, 0.05) is 32.3 Å². The van der Waals surface area contributed by atoms with Crippen molar-refractivity contribution in [2.45, 2.75) is 13.3 Å². The lowest BCUT2D eigenvalue weighted by atomic mass is 10.1. The SMILES string of the molecule is CCNc1c(C(=O)N2CCCOCC2)cccc1[N+](=O)[O-]. The zero-order chi connectivity index (χ0) is 15.2. The summed E-state index contributed by atoms with van der Waals surface area (Å²) >= 11 is 0. The maximum Gasteiger partial charge on any atom is 0.293 e. The Morgan fingerprint density at radius 1 is 1.43 bits per heavy atom. The first-order valence-corrected chi connectivity index (χ1v) is 7.03. The fourth-order valence-corrected chi connectivity index (χ4v) is 2.35. The average molecular weight is 293 g/mol. The van der Waals surface area contributed by atoms with Gasteiger partial charge < -0.3 is 15.0 Å². The lowest BCUT2D eigenvalue weighted by Crippen LogP contribution is -2.33. The van der Waals surface area contributed by atoms with Gasteiger partial charge >= 0.3 is 0 Å². The van der Waals surface area contributed by atoms with Crippen LogP contribution in [-0.2, 0) is 4.74 Å². The molecule has 1 saturated heterocycles. The number of hydrogen-bond donors (Lipinski definition) is 1. The van der Waals surface area contributed by atoms with Crippen molar-refractivity contribution in [2.75, 3.05) is 38.2 Å². The van der Waals surface area contributed by atoms with Gasteiger partial charge in [-0.3, -0.25) is 14.9 Å². The van der Waals surface area contributed by atoms with E-state index in [2.05, 4.69) is 5.32 Å². The first kappa shape index (κ1) is 15.2. The summed E-state index contributed by atoms with van der Waals surface area (Å²) in [5, 5.41) is 14.1. The van der Waals surface area contributed by atoms with E-state index in [9.17, 15) is 14.9 Å². The monoisotopic (exact) mass is 293 g/mol. The van der Waals surface area contributed by atoms with Crippen LogP contribution in [0, 0.1) is 10.1 Å². The largest absolute Gasteiger partial charge is 0.380 e. The van der Waals surface area contributed by atoms with Crippen molar-refractivity contribution in [3.8, 4) is 0 Å². The summed E-state index contributed by atoms with van der Waals surface area (Å²) in [5.41, 5.74) is 0.557. The molecular formula is C14H19N3O4. The van der Waals surface area contributed by atoms with E-state index < -0.39 is 4.92 Å². The molecule has 7 heteroatoms. The van der Waals surface area contributed by atoms with Crippen LogP contribution in [0.1, 0.15) is 23.7 Å². The maximum atomic E-state index is 12.6. The Balaban J connectivity index is 2.34. The molecule has 0 aliphatic carbocycles. The van der Waals surface area contributed by atoms with E-state index in [-0.39, 0.29) is 11.6 Å². The summed E-state index contributed by atoms with van der Waals surface area (Å²) < 4.78 is 5.33. The van der Waals surface area contributed by atoms with E-state index >= 15 is 0 Å². The molecule has 0 unspecified atom stereocenters. The minimum atomic E-state index is -0.472. The van der Waals surface area contributed by atoms with E-state index in [0.29, 0.717) is 44.1 Å². The summed E-state index contributed by atoms with van der Waals surface area (Å²) in [6.07, 6.45) is 0.775. The Hall–Kier alpha value is -2.15.